The number of hydrogen-bond donors (Lipinski definition) is 1. The fraction of sp³-hybridized carbons (Fsp3) is 0.647. The molecule has 108 valence electrons. The summed E-state index contributed by atoms with van der Waals surface area (Å²) in [6.45, 7) is 4.75. The van der Waals surface area contributed by atoms with Crippen LogP contribution in [0.15, 0.2) is 24.3 Å². The van der Waals surface area contributed by atoms with E-state index >= 15 is 0 Å². The molecule has 0 aliphatic heterocycles. The maximum atomic E-state index is 9.60. The van der Waals surface area contributed by atoms with E-state index in [4.69, 9.17) is 11.6 Å². The van der Waals surface area contributed by atoms with Crippen molar-refractivity contribution in [1.29, 1.82) is 0 Å². The molecule has 0 amide bonds. The fourth-order valence-electron chi connectivity index (χ4n) is 2.65. The lowest BCUT2D eigenvalue weighted by atomic mass is 9.86. The second kappa shape index (κ2) is 9.39. The molecule has 1 nitrogen and oxygen atoms in total. The van der Waals surface area contributed by atoms with Crippen LogP contribution in [0.3, 0.4) is 0 Å². The normalized spacial score (nSPS) is 14.3. The van der Waals surface area contributed by atoms with Crippen molar-refractivity contribution in [2.24, 2.45) is 11.8 Å². The minimum absolute atomic E-state index is 0.258. The Kier molecular flexibility index (Phi) is 8.16. The van der Waals surface area contributed by atoms with E-state index in [0.717, 1.165) is 29.3 Å². The van der Waals surface area contributed by atoms with Gasteiger partial charge >= 0.3 is 0 Å². The van der Waals surface area contributed by atoms with Crippen LogP contribution < -0.4 is 0 Å². The van der Waals surface area contributed by atoms with Crippen LogP contribution in [0.2, 0.25) is 5.02 Å². The van der Waals surface area contributed by atoms with Crippen LogP contribution in [0.1, 0.15) is 51.5 Å². The molecule has 0 radical (unpaired) electrons. The minimum Gasteiger partial charge on any atom is -0.396 e. The summed E-state index contributed by atoms with van der Waals surface area (Å²) in [7, 11) is 0. The maximum absolute atomic E-state index is 9.60. The average Bonchev–Trinajstić information content (AvgIpc) is 2.44. The molecular formula is C17H27ClO. The Morgan fingerprint density at radius 3 is 2.47 bits per heavy atom. The lowest BCUT2D eigenvalue weighted by Gasteiger charge is -2.21. The molecule has 2 heteroatoms. The van der Waals surface area contributed by atoms with E-state index in [1.54, 1.807) is 0 Å². The number of aliphatic hydroxyl groups is 1. The SMILES string of the molecule is CCCCC(CC)CC(CO)Cc1ccccc1Cl. The maximum Gasteiger partial charge on any atom is 0.0462 e. The standard InChI is InChI=1S/C17H27ClO/c1-3-5-8-14(4-2)11-15(13-19)12-16-9-6-7-10-17(16)18/h6-7,9-10,14-15,19H,3-5,8,11-13H2,1-2H3. The molecule has 0 fully saturated rings. The Morgan fingerprint density at radius 1 is 1.16 bits per heavy atom. The fourth-order valence-corrected chi connectivity index (χ4v) is 2.86. The molecule has 0 aromatic heterocycles. The molecule has 0 aliphatic carbocycles. The zero-order valence-electron chi connectivity index (χ0n) is 12.2. The van der Waals surface area contributed by atoms with Crippen molar-refractivity contribution >= 4 is 11.6 Å². The van der Waals surface area contributed by atoms with Gasteiger partial charge in [-0.2, -0.15) is 0 Å². The Hall–Kier alpha value is -0.530. The first-order valence-electron chi connectivity index (χ1n) is 7.55. The smallest absolute Gasteiger partial charge is 0.0462 e. The summed E-state index contributed by atoms with van der Waals surface area (Å²) in [5.41, 5.74) is 1.16. The summed E-state index contributed by atoms with van der Waals surface area (Å²) in [6, 6.07) is 7.97. The molecule has 0 saturated carbocycles. The van der Waals surface area contributed by atoms with Crippen molar-refractivity contribution in [3.8, 4) is 0 Å². The lowest BCUT2D eigenvalue weighted by molar-refractivity contribution is 0.194. The van der Waals surface area contributed by atoms with E-state index in [1.165, 1.54) is 25.7 Å². The minimum atomic E-state index is 0.258. The molecule has 0 bridgehead atoms. The van der Waals surface area contributed by atoms with Crippen molar-refractivity contribution in [2.75, 3.05) is 6.61 Å². The lowest BCUT2D eigenvalue weighted by Crippen LogP contribution is -2.15. The molecule has 1 aromatic rings. The molecule has 1 N–H and O–H groups in total. The van der Waals surface area contributed by atoms with E-state index in [9.17, 15) is 5.11 Å². The number of halogens is 1. The van der Waals surface area contributed by atoms with E-state index in [0.29, 0.717) is 5.92 Å². The molecule has 0 saturated heterocycles. The van der Waals surface area contributed by atoms with Gasteiger partial charge in [0.1, 0.15) is 0 Å². The molecule has 0 heterocycles. The van der Waals surface area contributed by atoms with Crippen molar-refractivity contribution in [1.82, 2.24) is 0 Å². The van der Waals surface area contributed by atoms with Crippen LogP contribution >= 0.6 is 11.6 Å². The third kappa shape index (κ3) is 5.97. The number of hydrogen-bond acceptors (Lipinski definition) is 1. The van der Waals surface area contributed by atoms with Crippen molar-refractivity contribution in [2.45, 2.75) is 52.4 Å². The van der Waals surface area contributed by atoms with Crippen LogP contribution in [-0.4, -0.2) is 11.7 Å². The highest BCUT2D eigenvalue weighted by Crippen LogP contribution is 2.26. The second-order valence-corrected chi connectivity index (χ2v) is 5.90. The molecule has 0 spiro atoms. The average molecular weight is 283 g/mol. The second-order valence-electron chi connectivity index (χ2n) is 5.50. The Labute approximate surface area is 123 Å². The summed E-state index contributed by atoms with van der Waals surface area (Å²) in [4.78, 5) is 0. The zero-order valence-corrected chi connectivity index (χ0v) is 13.0. The first-order valence-corrected chi connectivity index (χ1v) is 7.93. The highest BCUT2D eigenvalue weighted by molar-refractivity contribution is 6.31. The molecule has 2 unspecified atom stereocenters. The zero-order chi connectivity index (χ0) is 14.1. The van der Waals surface area contributed by atoms with Gasteiger partial charge in [-0.1, -0.05) is 69.3 Å². The molecule has 0 aliphatic rings. The van der Waals surface area contributed by atoms with Gasteiger partial charge in [-0.05, 0) is 36.3 Å². The van der Waals surface area contributed by atoms with Crippen molar-refractivity contribution in [3.63, 3.8) is 0 Å². The van der Waals surface area contributed by atoms with Crippen molar-refractivity contribution < 1.29 is 5.11 Å². The molecule has 1 aromatic carbocycles. The quantitative estimate of drug-likeness (QED) is 0.668. The van der Waals surface area contributed by atoms with E-state index in [1.807, 2.05) is 18.2 Å². The predicted octanol–water partition coefficient (Wildman–Crippen LogP) is 5.10. The first kappa shape index (κ1) is 16.5. The molecule has 1 rings (SSSR count). The third-order valence-corrected chi connectivity index (χ3v) is 4.30. The van der Waals surface area contributed by atoms with Crippen LogP contribution in [0, 0.1) is 11.8 Å². The van der Waals surface area contributed by atoms with Crippen LogP contribution in [0.25, 0.3) is 0 Å². The molecule has 19 heavy (non-hydrogen) atoms. The van der Waals surface area contributed by atoms with Crippen molar-refractivity contribution in [3.05, 3.63) is 34.9 Å². The van der Waals surface area contributed by atoms with Gasteiger partial charge in [0.05, 0.1) is 0 Å². The van der Waals surface area contributed by atoms with Gasteiger partial charge in [-0.15, -0.1) is 0 Å². The summed E-state index contributed by atoms with van der Waals surface area (Å²) in [6.07, 6.45) is 7.04. The van der Waals surface area contributed by atoms with Crippen LogP contribution in [-0.2, 0) is 6.42 Å². The van der Waals surface area contributed by atoms with Gasteiger partial charge in [0.15, 0.2) is 0 Å². The van der Waals surface area contributed by atoms with Gasteiger partial charge in [0.2, 0.25) is 0 Å². The highest BCUT2D eigenvalue weighted by atomic mass is 35.5. The number of rotatable bonds is 9. The van der Waals surface area contributed by atoms with Crippen LogP contribution in [0.5, 0.6) is 0 Å². The molecule has 2 atom stereocenters. The highest BCUT2D eigenvalue weighted by Gasteiger charge is 2.16. The number of unbranched alkanes of at least 4 members (excludes halogenated alkanes) is 1. The molecular weight excluding hydrogens is 256 g/mol. The Balaban J connectivity index is 2.55. The number of aliphatic hydroxyl groups excluding tert-OH is 1. The monoisotopic (exact) mass is 282 g/mol. The summed E-state index contributed by atoms with van der Waals surface area (Å²) in [5.74, 6) is 1.07. The van der Waals surface area contributed by atoms with E-state index in [2.05, 4.69) is 19.9 Å². The summed E-state index contributed by atoms with van der Waals surface area (Å²) < 4.78 is 0. The first-order chi connectivity index (χ1) is 9.21. The van der Waals surface area contributed by atoms with Gasteiger partial charge in [-0.3, -0.25) is 0 Å². The third-order valence-electron chi connectivity index (χ3n) is 3.93. The van der Waals surface area contributed by atoms with Gasteiger partial charge in [0.25, 0.3) is 0 Å². The Morgan fingerprint density at radius 2 is 1.89 bits per heavy atom. The Bertz CT molecular complexity index is 351. The van der Waals surface area contributed by atoms with E-state index < -0.39 is 0 Å². The topological polar surface area (TPSA) is 20.2 Å². The number of benzene rings is 1. The summed E-state index contributed by atoms with van der Waals surface area (Å²) in [5, 5.41) is 10.4. The van der Waals surface area contributed by atoms with Crippen LogP contribution in [0.4, 0.5) is 0 Å². The van der Waals surface area contributed by atoms with E-state index in [-0.39, 0.29) is 6.61 Å². The van der Waals surface area contributed by atoms with Gasteiger partial charge in [0, 0.05) is 11.6 Å². The predicted molar refractivity (Wildman–Crippen MR) is 83.7 cm³/mol. The summed E-state index contributed by atoms with van der Waals surface area (Å²) >= 11 is 6.20. The largest absolute Gasteiger partial charge is 0.396 e. The van der Waals surface area contributed by atoms with Gasteiger partial charge < -0.3 is 5.11 Å². The van der Waals surface area contributed by atoms with Gasteiger partial charge in [-0.25, -0.2) is 0 Å².